The van der Waals surface area contributed by atoms with E-state index in [0.29, 0.717) is 11.7 Å². The number of rotatable bonds is 5. The summed E-state index contributed by atoms with van der Waals surface area (Å²) in [6.07, 6.45) is 0. The minimum Gasteiger partial charge on any atom is -0.451 e. The van der Waals surface area contributed by atoms with Crippen molar-refractivity contribution in [1.82, 2.24) is 4.90 Å². The van der Waals surface area contributed by atoms with Crippen LogP contribution in [0.15, 0.2) is 40.8 Å². The molecule has 0 unspecified atom stereocenters. The molecule has 1 heterocycles. The van der Waals surface area contributed by atoms with Crippen molar-refractivity contribution in [2.45, 2.75) is 19.8 Å². The molecule has 112 valence electrons. The van der Waals surface area contributed by atoms with Crippen molar-refractivity contribution in [2.75, 3.05) is 20.2 Å². The van der Waals surface area contributed by atoms with Crippen LogP contribution in [0.2, 0.25) is 0 Å². The van der Waals surface area contributed by atoms with Crippen LogP contribution >= 0.6 is 0 Å². The fourth-order valence-electron chi connectivity index (χ4n) is 2.10. The van der Waals surface area contributed by atoms with E-state index in [1.165, 1.54) is 10.5 Å². The third-order valence-corrected chi connectivity index (χ3v) is 3.44. The molecule has 21 heavy (non-hydrogen) atoms. The van der Waals surface area contributed by atoms with Crippen LogP contribution in [0.1, 0.15) is 35.9 Å². The van der Waals surface area contributed by atoms with Gasteiger partial charge in [0, 0.05) is 19.2 Å². The smallest absolute Gasteiger partial charge is 0.289 e. The van der Waals surface area contributed by atoms with Gasteiger partial charge >= 0.3 is 0 Å². The first kappa shape index (κ1) is 15.3. The van der Waals surface area contributed by atoms with E-state index < -0.39 is 0 Å². The molecule has 0 saturated heterocycles. The summed E-state index contributed by atoms with van der Waals surface area (Å²) in [7, 11) is 1.64. The second-order valence-corrected chi connectivity index (χ2v) is 5.39. The van der Waals surface area contributed by atoms with Gasteiger partial charge in [0.2, 0.25) is 0 Å². The average molecular weight is 287 g/mol. The van der Waals surface area contributed by atoms with Gasteiger partial charge in [0.1, 0.15) is 5.76 Å². The van der Waals surface area contributed by atoms with E-state index in [9.17, 15) is 4.79 Å². The van der Waals surface area contributed by atoms with Gasteiger partial charge < -0.3 is 14.4 Å². The van der Waals surface area contributed by atoms with Gasteiger partial charge in [-0.1, -0.05) is 32.0 Å². The van der Waals surface area contributed by atoms with Crippen LogP contribution in [0.5, 0.6) is 0 Å². The molecule has 1 N–H and O–H groups in total. The topological polar surface area (TPSA) is 53.7 Å². The first-order valence-corrected chi connectivity index (χ1v) is 7.09. The maximum Gasteiger partial charge on any atom is 0.289 e. The minimum atomic E-state index is -0.227. The van der Waals surface area contributed by atoms with E-state index in [4.69, 9.17) is 9.52 Å². The highest BCUT2D eigenvalue weighted by Gasteiger charge is 2.16. The van der Waals surface area contributed by atoms with Gasteiger partial charge in [-0.3, -0.25) is 4.79 Å². The molecule has 4 heteroatoms. The summed E-state index contributed by atoms with van der Waals surface area (Å²) in [6, 6.07) is 11.6. The molecular weight excluding hydrogens is 266 g/mol. The molecule has 0 bridgehead atoms. The SMILES string of the molecule is CC(C)c1cccc(-c2ccc(C(=O)N(C)CCO)o2)c1. The summed E-state index contributed by atoms with van der Waals surface area (Å²) in [5.41, 5.74) is 2.19. The lowest BCUT2D eigenvalue weighted by molar-refractivity contribution is 0.0736. The van der Waals surface area contributed by atoms with E-state index in [2.05, 4.69) is 26.0 Å². The highest BCUT2D eigenvalue weighted by molar-refractivity contribution is 5.91. The lowest BCUT2D eigenvalue weighted by atomic mass is 10.0. The molecule has 2 rings (SSSR count). The predicted octanol–water partition coefficient (Wildman–Crippen LogP) is 3.13. The number of carbonyl (C=O) groups excluding carboxylic acids is 1. The number of carbonyl (C=O) groups is 1. The van der Waals surface area contributed by atoms with Crippen LogP contribution < -0.4 is 0 Å². The zero-order valence-corrected chi connectivity index (χ0v) is 12.7. The lowest BCUT2D eigenvalue weighted by Crippen LogP contribution is -2.29. The molecule has 0 aliphatic carbocycles. The molecule has 1 aromatic carbocycles. The Hall–Kier alpha value is -2.07. The first-order chi connectivity index (χ1) is 10.0. The van der Waals surface area contributed by atoms with Gasteiger partial charge in [0.05, 0.1) is 6.61 Å². The Balaban J connectivity index is 2.24. The molecule has 0 saturated carbocycles. The molecule has 0 aliphatic rings. The van der Waals surface area contributed by atoms with E-state index in [1.807, 2.05) is 12.1 Å². The molecule has 0 aliphatic heterocycles. The van der Waals surface area contributed by atoms with Gasteiger partial charge in [0.15, 0.2) is 5.76 Å². The Morgan fingerprint density at radius 2 is 2.05 bits per heavy atom. The first-order valence-electron chi connectivity index (χ1n) is 7.09. The molecule has 1 amide bonds. The van der Waals surface area contributed by atoms with Gasteiger partial charge in [-0.25, -0.2) is 0 Å². The van der Waals surface area contributed by atoms with Crippen molar-refractivity contribution in [3.8, 4) is 11.3 Å². The molecule has 0 fully saturated rings. The number of hydrogen-bond acceptors (Lipinski definition) is 3. The maximum absolute atomic E-state index is 12.1. The van der Waals surface area contributed by atoms with Gasteiger partial charge in [-0.15, -0.1) is 0 Å². The molecule has 0 atom stereocenters. The number of aliphatic hydroxyl groups excluding tert-OH is 1. The third-order valence-electron chi connectivity index (χ3n) is 3.44. The number of benzene rings is 1. The Morgan fingerprint density at radius 1 is 1.29 bits per heavy atom. The summed E-state index contributed by atoms with van der Waals surface area (Å²) in [4.78, 5) is 13.5. The zero-order chi connectivity index (χ0) is 15.4. The number of nitrogens with zero attached hydrogens (tertiary/aromatic N) is 1. The Bertz CT molecular complexity index is 616. The van der Waals surface area contributed by atoms with E-state index in [1.54, 1.807) is 19.2 Å². The fraction of sp³-hybridized carbons (Fsp3) is 0.353. The highest BCUT2D eigenvalue weighted by atomic mass is 16.4. The van der Waals surface area contributed by atoms with Crippen molar-refractivity contribution in [1.29, 1.82) is 0 Å². The van der Waals surface area contributed by atoms with E-state index in [0.717, 1.165) is 5.56 Å². The van der Waals surface area contributed by atoms with Gasteiger partial charge in [-0.2, -0.15) is 0 Å². The number of furan rings is 1. The van der Waals surface area contributed by atoms with E-state index >= 15 is 0 Å². The van der Waals surface area contributed by atoms with Gasteiger partial charge in [0.25, 0.3) is 5.91 Å². The Kier molecular flexibility index (Phi) is 4.81. The van der Waals surface area contributed by atoms with Crippen LogP contribution in [0, 0.1) is 0 Å². The van der Waals surface area contributed by atoms with Crippen molar-refractivity contribution >= 4 is 5.91 Å². The average Bonchev–Trinajstić information content (AvgIpc) is 2.96. The number of aliphatic hydroxyl groups is 1. The van der Waals surface area contributed by atoms with Crippen molar-refractivity contribution in [2.24, 2.45) is 0 Å². The lowest BCUT2D eigenvalue weighted by Gasteiger charge is -2.13. The Labute approximate surface area is 125 Å². The van der Waals surface area contributed by atoms with Crippen LogP contribution in [-0.4, -0.2) is 36.1 Å². The van der Waals surface area contributed by atoms with Crippen LogP contribution in [0.3, 0.4) is 0 Å². The number of amides is 1. The molecule has 1 aromatic heterocycles. The third kappa shape index (κ3) is 3.52. The summed E-state index contributed by atoms with van der Waals surface area (Å²) in [5, 5.41) is 8.87. The number of hydrogen-bond donors (Lipinski definition) is 1. The molecular formula is C17H21NO3. The van der Waals surface area contributed by atoms with Crippen LogP contribution in [0.25, 0.3) is 11.3 Å². The standard InChI is InChI=1S/C17H21NO3/c1-12(2)13-5-4-6-14(11-13)15-7-8-16(21-15)17(20)18(3)9-10-19/h4-8,11-12,19H,9-10H2,1-3H3. The normalized spacial score (nSPS) is 10.9. The fourth-order valence-corrected chi connectivity index (χ4v) is 2.10. The predicted molar refractivity (Wildman–Crippen MR) is 82.3 cm³/mol. The molecule has 0 radical (unpaired) electrons. The molecule has 2 aromatic rings. The second kappa shape index (κ2) is 6.59. The largest absolute Gasteiger partial charge is 0.451 e. The summed E-state index contributed by atoms with van der Waals surface area (Å²) < 4.78 is 5.66. The van der Waals surface area contributed by atoms with E-state index in [-0.39, 0.29) is 24.8 Å². The minimum absolute atomic E-state index is 0.0633. The Morgan fingerprint density at radius 3 is 2.71 bits per heavy atom. The molecule has 4 nitrogen and oxygen atoms in total. The summed E-state index contributed by atoms with van der Waals surface area (Å²) >= 11 is 0. The van der Waals surface area contributed by atoms with Gasteiger partial charge in [-0.05, 0) is 29.7 Å². The molecule has 0 spiro atoms. The highest BCUT2D eigenvalue weighted by Crippen LogP contribution is 2.26. The van der Waals surface area contributed by atoms with Crippen LogP contribution in [-0.2, 0) is 0 Å². The zero-order valence-electron chi connectivity index (χ0n) is 12.7. The summed E-state index contributed by atoms with van der Waals surface area (Å²) in [6.45, 7) is 4.50. The number of likely N-dealkylation sites (N-methyl/N-ethyl adjacent to an activating group) is 1. The maximum atomic E-state index is 12.1. The van der Waals surface area contributed by atoms with Crippen LogP contribution in [0.4, 0.5) is 0 Å². The van der Waals surface area contributed by atoms with Crippen molar-refractivity contribution in [3.05, 3.63) is 47.7 Å². The monoisotopic (exact) mass is 287 g/mol. The summed E-state index contributed by atoms with van der Waals surface area (Å²) in [5.74, 6) is 1.18. The van der Waals surface area contributed by atoms with Crippen molar-refractivity contribution < 1.29 is 14.3 Å². The second-order valence-electron chi connectivity index (χ2n) is 5.39. The van der Waals surface area contributed by atoms with Crippen molar-refractivity contribution in [3.63, 3.8) is 0 Å². The quantitative estimate of drug-likeness (QED) is 0.919.